The second-order valence-corrected chi connectivity index (χ2v) is 8.02. The molecule has 0 unspecified atom stereocenters. The third kappa shape index (κ3) is 3.66. The number of rotatable bonds is 0. The topological polar surface area (TPSA) is 106 Å². The summed E-state index contributed by atoms with van der Waals surface area (Å²) in [4.78, 5) is 40.2. The van der Waals surface area contributed by atoms with E-state index < -0.39 is 41.3 Å². The summed E-state index contributed by atoms with van der Waals surface area (Å²) in [6.45, 7) is 5.57. The lowest BCUT2D eigenvalue weighted by Crippen LogP contribution is -2.48. The van der Waals surface area contributed by atoms with Gasteiger partial charge in [-0.1, -0.05) is 13.0 Å². The van der Waals surface area contributed by atoms with Gasteiger partial charge >= 0.3 is 11.9 Å². The molecule has 0 aliphatic carbocycles. The highest BCUT2D eigenvalue weighted by molar-refractivity contribution is 6.01. The van der Waals surface area contributed by atoms with E-state index >= 15 is 0 Å². The number of Topliss-reactive ketones (excluding diaryl/α,β-unsaturated/α-hetero) is 1. The zero-order valence-corrected chi connectivity index (χ0v) is 16.2. The zero-order chi connectivity index (χ0) is 20.0. The normalized spacial score (nSPS) is 43.4. The van der Waals surface area contributed by atoms with Crippen LogP contribution in [0, 0.1) is 5.92 Å². The van der Waals surface area contributed by atoms with Gasteiger partial charge in [-0.25, -0.2) is 9.59 Å². The molecular weight excluding hydrogens is 354 g/mol. The Balaban J connectivity index is 1.97. The van der Waals surface area contributed by atoms with Crippen LogP contribution in [0.5, 0.6) is 0 Å². The number of hydrogen-bond acceptors (Lipinski definition) is 8. The van der Waals surface area contributed by atoms with E-state index in [1.165, 1.54) is 6.92 Å². The molecule has 0 aromatic heterocycles. The molecule has 2 saturated heterocycles. The molecule has 8 heteroatoms. The van der Waals surface area contributed by atoms with E-state index in [-0.39, 0.29) is 24.4 Å². The predicted molar refractivity (Wildman–Crippen MR) is 93.7 cm³/mol. The molecular formula is C19H27NO7. The van der Waals surface area contributed by atoms with Crippen molar-refractivity contribution in [2.75, 3.05) is 26.7 Å². The van der Waals surface area contributed by atoms with Crippen LogP contribution in [0.4, 0.5) is 0 Å². The number of ether oxygens (including phenoxy) is 3. The van der Waals surface area contributed by atoms with Crippen molar-refractivity contribution >= 4 is 17.7 Å². The molecule has 0 aromatic rings. The average molecular weight is 381 g/mol. The minimum Gasteiger partial charge on any atom is -0.459 e. The molecule has 0 amide bonds. The Labute approximate surface area is 158 Å². The number of esters is 2. The Morgan fingerprint density at radius 3 is 2.52 bits per heavy atom. The molecule has 150 valence electrons. The van der Waals surface area contributed by atoms with Gasteiger partial charge in [-0.05, 0) is 33.2 Å². The fraction of sp³-hybridized carbons (Fsp3) is 0.737. The summed E-state index contributed by atoms with van der Waals surface area (Å²) in [5.74, 6) is -2.43. The Kier molecular flexibility index (Phi) is 5.18. The second kappa shape index (κ2) is 7.00. The molecule has 2 bridgehead atoms. The lowest BCUT2D eigenvalue weighted by molar-refractivity contribution is -0.173. The predicted octanol–water partition coefficient (Wildman–Crippen LogP) is 0.221. The number of nitrogens with zero attached hydrogens (tertiary/aromatic N) is 1. The number of carbonyl (C=O) groups excluding carboxylic acids is 3. The largest absolute Gasteiger partial charge is 0.459 e. The lowest BCUT2D eigenvalue weighted by Gasteiger charge is -2.32. The van der Waals surface area contributed by atoms with Crippen LogP contribution in [0.15, 0.2) is 11.6 Å². The molecule has 3 aliphatic heterocycles. The molecule has 1 spiro atoms. The van der Waals surface area contributed by atoms with E-state index in [0.717, 1.165) is 0 Å². The maximum atomic E-state index is 12.9. The van der Waals surface area contributed by atoms with Crippen LogP contribution in [0.25, 0.3) is 0 Å². The number of cyclic esters (lactones) is 1. The average Bonchev–Trinajstić information content (AvgIpc) is 3.26. The quantitative estimate of drug-likeness (QED) is 0.469. The van der Waals surface area contributed by atoms with Crippen molar-refractivity contribution in [3.8, 4) is 0 Å². The summed E-state index contributed by atoms with van der Waals surface area (Å²) >= 11 is 0. The maximum absolute atomic E-state index is 12.9. The van der Waals surface area contributed by atoms with Crippen molar-refractivity contribution in [3.05, 3.63) is 11.6 Å². The summed E-state index contributed by atoms with van der Waals surface area (Å²) in [7, 11) is 1.89. The summed E-state index contributed by atoms with van der Waals surface area (Å²) < 4.78 is 16.4. The van der Waals surface area contributed by atoms with Gasteiger partial charge in [0.15, 0.2) is 17.3 Å². The van der Waals surface area contributed by atoms with E-state index in [2.05, 4.69) is 0 Å². The number of likely N-dealkylation sites (N-methyl/N-ethyl adjacent to an activating group) is 1. The minimum atomic E-state index is -1.82. The van der Waals surface area contributed by atoms with Gasteiger partial charge in [0.1, 0.15) is 6.61 Å². The third-order valence-corrected chi connectivity index (χ3v) is 5.95. The van der Waals surface area contributed by atoms with Crippen LogP contribution in [-0.4, -0.2) is 77.9 Å². The molecule has 8 nitrogen and oxygen atoms in total. The van der Waals surface area contributed by atoms with Gasteiger partial charge in [-0.15, -0.1) is 0 Å². The van der Waals surface area contributed by atoms with Crippen LogP contribution >= 0.6 is 0 Å². The lowest BCUT2D eigenvalue weighted by atomic mass is 9.82. The van der Waals surface area contributed by atoms with E-state index in [1.807, 2.05) is 11.9 Å². The molecule has 5 atom stereocenters. The van der Waals surface area contributed by atoms with Gasteiger partial charge in [0.25, 0.3) is 0 Å². The van der Waals surface area contributed by atoms with E-state index in [4.69, 9.17) is 14.2 Å². The Morgan fingerprint density at radius 1 is 1.22 bits per heavy atom. The Hall–Kier alpha value is -1.77. The number of epoxide rings is 1. The summed E-state index contributed by atoms with van der Waals surface area (Å²) in [6, 6.07) is 0. The first-order chi connectivity index (χ1) is 12.6. The highest BCUT2D eigenvalue weighted by atomic mass is 16.7. The molecule has 3 rings (SSSR count). The standard InChI is InChI=1S/C19H27NO7/c1-11-9-19(12(2)27-19)17(23)26-14-6-8-20(4)7-5-13(15(14)21)10-25-16(22)18(11,3)24/h5,11-12,14,24H,6-10H2,1-4H3/b13-5-/t11-,12-,14+,18+,19-/m0/s1. The highest BCUT2D eigenvalue weighted by Crippen LogP contribution is 2.45. The van der Waals surface area contributed by atoms with Gasteiger partial charge < -0.3 is 24.2 Å². The third-order valence-electron chi connectivity index (χ3n) is 5.95. The summed E-state index contributed by atoms with van der Waals surface area (Å²) in [5.41, 5.74) is -2.81. The highest BCUT2D eigenvalue weighted by Gasteiger charge is 2.63. The fourth-order valence-electron chi connectivity index (χ4n) is 3.54. The van der Waals surface area contributed by atoms with E-state index in [1.54, 1.807) is 19.9 Å². The minimum absolute atomic E-state index is 0.0958. The van der Waals surface area contributed by atoms with Crippen LogP contribution in [0.1, 0.15) is 33.6 Å². The van der Waals surface area contributed by atoms with Crippen molar-refractivity contribution in [1.82, 2.24) is 4.90 Å². The van der Waals surface area contributed by atoms with E-state index in [0.29, 0.717) is 19.5 Å². The zero-order valence-electron chi connectivity index (χ0n) is 16.2. The second-order valence-electron chi connectivity index (χ2n) is 8.02. The summed E-state index contributed by atoms with van der Waals surface area (Å²) in [5, 5.41) is 10.7. The van der Waals surface area contributed by atoms with Crippen molar-refractivity contribution in [2.45, 2.75) is 57.0 Å². The Morgan fingerprint density at radius 2 is 1.89 bits per heavy atom. The Bertz CT molecular complexity index is 686. The smallest absolute Gasteiger partial charge is 0.341 e. The number of fused-ring (bicyclic) bond motifs is 2. The molecule has 27 heavy (non-hydrogen) atoms. The first-order valence-electron chi connectivity index (χ1n) is 9.28. The van der Waals surface area contributed by atoms with Gasteiger partial charge in [0.05, 0.1) is 6.10 Å². The van der Waals surface area contributed by atoms with Crippen molar-refractivity contribution in [3.63, 3.8) is 0 Å². The van der Waals surface area contributed by atoms with Gasteiger partial charge in [-0.3, -0.25) is 4.79 Å². The number of ketones is 1. The molecule has 2 fully saturated rings. The first kappa shape index (κ1) is 20.0. The SMILES string of the molecule is C[C@@H]1O[C@@]12C[C@H](C)[C@@](C)(O)C(=O)OC/C1=C/CN(C)CC[C@@H](OC2=O)C1=O. The molecule has 3 aliphatic rings. The summed E-state index contributed by atoms with van der Waals surface area (Å²) in [6.07, 6.45) is 0.756. The molecule has 3 heterocycles. The van der Waals surface area contributed by atoms with Crippen molar-refractivity contribution < 1.29 is 33.7 Å². The van der Waals surface area contributed by atoms with Gasteiger partial charge in [0.2, 0.25) is 5.78 Å². The molecule has 0 saturated carbocycles. The molecule has 0 radical (unpaired) electrons. The monoisotopic (exact) mass is 381 g/mol. The van der Waals surface area contributed by atoms with Crippen molar-refractivity contribution in [2.24, 2.45) is 5.92 Å². The molecule has 1 N–H and O–H groups in total. The number of hydrogen-bond donors (Lipinski definition) is 1. The maximum Gasteiger partial charge on any atom is 0.341 e. The fourth-order valence-corrected chi connectivity index (χ4v) is 3.54. The van der Waals surface area contributed by atoms with Crippen LogP contribution < -0.4 is 0 Å². The number of carbonyl (C=O) groups is 3. The van der Waals surface area contributed by atoms with Gasteiger partial charge in [-0.2, -0.15) is 0 Å². The van der Waals surface area contributed by atoms with Crippen LogP contribution in [0.2, 0.25) is 0 Å². The van der Waals surface area contributed by atoms with Crippen LogP contribution in [-0.2, 0) is 28.6 Å². The van der Waals surface area contributed by atoms with Gasteiger partial charge in [0, 0.05) is 25.1 Å². The number of aliphatic hydroxyl groups is 1. The molecule has 0 aromatic carbocycles. The van der Waals surface area contributed by atoms with Crippen LogP contribution in [0.3, 0.4) is 0 Å². The van der Waals surface area contributed by atoms with Crippen molar-refractivity contribution in [1.29, 1.82) is 0 Å². The van der Waals surface area contributed by atoms with E-state index in [9.17, 15) is 19.5 Å². The first-order valence-corrected chi connectivity index (χ1v) is 9.28.